The minimum atomic E-state index is 0.381. The molecule has 0 aromatic carbocycles. The SMILES string of the molecule is C=C(C)OCCCCOCC1CO1. The van der Waals surface area contributed by atoms with E-state index < -0.39 is 0 Å². The van der Waals surface area contributed by atoms with Gasteiger partial charge in [0.2, 0.25) is 0 Å². The molecule has 1 heterocycles. The van der Waals surface area contributed by atoms with E-state index in [4.69, 9.17) is 14.2 Å². The predicted octanol–water partition coefficient (Wildman–Crippen LogP) is 1.73. The third-order valence-electron chi connectivity index (χ3n) is 1.74. The molecule has 1 rings (SSSR count). The molecule has 1 aliphatic heterocycles. The monoisotopic (exact) mass is 186 g/mol. The molecule has 0 spiro atoms. The molecule has 0 N–H and O–H groups in total. The Morgan fingerprint density at radius 3 is 2.77 bits per heavy atom. The van der Waals surface area contributed by atoms with Crippen LogP contribution in [0.1, 0.15) is 19.8 Å². The molecule has 0 amide bonds. The van der Waals surface area contributed by atoms with Gasteiger partial charge in [0.25, 0.3) is 0 Å². The molecule has 76 valence electrons. The molecule has 1 aliphatic rings. The lowest BCUT2D eigenvalue weighted by molar-refractivity contribution is 0.106. The summed E-state index contributed by atoms with van der Waals surface area (Å²) in [6.45, 7) is 8.69. The molecule has 3 heteroatoms. The van der Waals surface area contributed by atoms with E-state index in [1.165, 1.54) is 0 Å². The van der Waals surface area contributed by atoms with Gasteiger partial charge in [-0.2, -0.15) is 0 Å². The second-order valence-electron chi connectivity index (χ2n) is 3.29. The van der Waals surface area contributed by atoms with E-state index in [-0.39, 0.29) is 0 Å². The Bertz CT molecular complexity index is 152. The summed E-state index contributed by atoms with van der Waals surface area (Å²) in [5.41, 5.74) is 0. The number of epoxide rings is 1. The third kappa shape index (κ3) is 6.61. The number of unbranched alkanes of at least 4 members (excludes halogenated alkanes) is 1. The van der Waals surface area contributed by atoms with Crippen LogP contribution in [0.25, 0.3) is 0 Å². The number of hydrogen-bond acceptors (Lipinski definition) is 3. The van der Waals surface area contributed by atoms with Crippen molar-refractivity contribution in [3.05, 3.63) is 12.3 Å². The molecule has 0 aromatic rings. The maximum Gasteiger partial charge on any atom is 0.104 e. The first-order chi connectivity index (χ1) is 6.29. The molecule has 0 saturated carbocycles. The van der Waals surface area contributed by atoms with Crippen LogP contribution < -0.4 is 0 Å². The van der Waals surface area contributed by atoms with Crippen molar-refractivity contribution in [2.24, 2.45) is 0 Å². The summed E-state index contributed by atoms with van der Waals surface area (Å²) in [5, 5.41) is 0. The van der Waals surface area contributed by atoms with Gasteiger partial charge in [-0.25, -0.2) is 0 Å². The van der Waals surface area contributed by atoms with Gasteiger partial charge >= 0.3 is 0 Å². The first kappa shape index (κ1) is 10.5. The van der Waals surface area contributed by atoms with Crippen molar-refractivity contribution >= 4 is 0 Å². The molecule has 1 saturated heterocycles. The molecule has 0 aliphatic carbocycles. The van der Waals surface area contributed by atoms with Crippen LogP contribution in [0.15, 0.2) is 12.3 Å². The van der Waals surface area contributed by atoms with Crippen molar-refractivity contribution < 1.29 is 14.2 Å². The highest BCUT2D eigenvalue weighted by Gasteiger charge is 2.21. The summed E-state index contributed by atoms with van der Waals surface area (Å²) in [4.78, 5) is 0. The fraction of sp³-hybridized carbons (Fsp3) is 0.800. The standard InChI is InChI=1S/C10H18O3/c1-9(2)12-6-4-3-5-11-7-10-8-13-10/h10H,1,3-8H2,2H3. The smallest absolute Gasteiger partial charge is 0.104 e. The lowest BCUT2D eigenvalue weighted by atomic mass is 10.3. The largest absolute Gasteiger partial charge is 0.499 e. The molecule has 0 bridgehead atoms. The molecule has 1 unspecified atom stereocenters. The Hall–Kier alpha value is -0.540. The summed E-state index contributed by atoms with van der Waals surface area (Å²) in [5.74, 6) is 0.785. The second-order valence-corrected chi connectivity index (χ2v) is 3.29. The van der Waals surface area contributed by atoms with Crippen molar-refractivity contribution in [1.82, 2.24) is 0 Å². The van der Waals surface area contributed by atoms with Crippen LogP contribution in [-0.2, 0) is 14.2 Å². The molecule has 1 fully saturated rings. The van der Waals surface area contributed by atoms with Crippen molar-refractivity contribution in [1.29, 1.82) is 0 Å². The third-order valence-corrected chi connectivity index (χ3v) is 1.74. The van der Waals surface area contributed by atoms with Gasteiger partial charge in [-0.05, 0) is 19.8 Å². The number of ether oxygens (including phenoxy) is 3. The minimum absolute atomic E-state index is 0.381. The first-order valence-corrected chi connectivity index (χ1v) is 4.76. The van der Waals surface area contributed by atoms with E-state index in [1.54, 1.807) is 0 Å². The van der Waals surface area contributed by atoms with Gasteiger partial charge in [-0.15, -0.1) is 0 Å². The molecule has 0 aromatic heterocycles. The van der Waals surface area contributed by atoms with E-state index in [0.29, 0.717) is 6.10 Å². The van der Waals surface area contributed by atoms with E-state index in [0.717, 1.165) is 45.0 Å². The maximum absolute atomic E-state index is 5.36. The minimum Gasteiger partial charge on any atom is -0.499 e. The number of allylic oxidation sites excluding steroid dienone is 1. The van der Waals surface area contributed by atoms with Crippen LogP contribution >= 0.6 is 0 Å². The zero-order valence-corrected chi connectivity index (χ0v) is 8.25. The van der Waals surface area contributed by atoms with Gasteiger partial charge in [0.1, 0.15) is 6.10 Å². The van der Waals surface area contributed by atoms with Crippen molar-refractivity contribution in [2.75, 3.05) is 26.4 Å². The van der Waals surface area contributed by atoms with Crippen LogP contribution in [0.3, 0.4) is 0 Å². The zero-order valence-electron chi connectivity index (χ0n) is 8.25. The predicted molar refractivity (Wildman–Crippen MR) is 50.6 cm³/mol. The highest BCUT2D eigenvalue weighted by molar-refractivity contribution is 4.73. The van der Waals surface area contributed by atoms with E-state index in [9.17, 15) is 0 Å². The average molecular weight is 186 g/mol. The van der Waals surface area contributed by atoms with Gasteiger partial charge in [-0.3, -0.25) is 0 Å². The van der Waals surface area contributed by atoms with Gasteiger partial charge in [0.05, 0.1) is 25.6 Å². The Morgan fingerprint density at radius 1 is 1.46 bits per heavy atom. The van der Waals surface area contributed by atoms with E-state index in [1.807, 2.05) is 6.92 Å². The summed E-state index contributed by atoms with van der Waals surface area (Å²) in [6.07, 6.45) is 2.45. The Labute approximate surface area is 79.7 Å². The molecule has 13 heavy (non-hydrogen) atoms. The average Bonchev–Trinajstić information content (AvgIpc) is 2.86. The van der Waals surface area contributed by atoms with Crippen LogP contribution in [0.4, 0.5) is 0 Å². The zero-order chi connectivity index (χ0) is 9.52. The highest BCUT2D eigenvalue weighted by Crippen LogP contribution is 2.08. The summed E-state index contributed by atoms with van der Waals surface area (Å²) < 4.78 is 15.6. The van der Waals surface area contributed by atoms with Crippen molar-refractivity contribution in [3.63, 3.8) is 0 Å². The quantitative estimate of drug-likeness (QED) is 0.328. The van der Waals surface area contributed by atoms with Crippen LogP contribution in [0, 0.1) is 0 Å². The van der Waals surface area contributed by atoms with E-state index in [2.05, 4.69) is 6.58 Å². The van der Waals surface area contributed by atoms with Gasteiger partial charge in [0.15, 0.2) is 0 Å². The number of rotatable bonds is 8. The topological polar surface area (TPSA) is 31.0 Å². The number of hydrogen-bond donors (Lipinski definition) is 0. The molecule has 3 nitrogen and oxygen atoms in total. The molecular formula is C10H18O3. The molecular weight excluding hydrogens is 168 g/mol. The van der Waals surface area contributed by atoms with E-state index >= 15 is 0 Å². The van der Waals surface area contributed by atoms with Crippen LogP contribution in [-0.4, -0.2) is 32.5 Å². The fourth-order valence-electron chi connectivity index (χ4n) is 0.932. The molecule has 1 atom stereocenters. The summed E-state index contributed by atoms with van der Waals surface area (Å²) >= 11 is 0. The second kappa shape index (κ2) is 6.00. The lowest BCUT2D eigenvalue weighted by Crippen LogP contribution is -2.03. The lowest BCUT2D eigenvalue weighted by Gasteiger charge is -2.04. The summed E-state index contributed by atoms with van der Waals surface area (Å²) in [7, 11) is 0. The van der Waals surface area contributed by atoms with Crippen molar-refractivity contribution in [2.45, 2.75) is 25.9 Å². The Balaban J connectivity index is 1.70. The highest BCUT2D eigenvalue weighted by atomic mass is 16.6. The Kier molecular flexibility index (Phi) is 4.86. The molecule has 0 radical (unpaired) electrons. The van der Waals surface area contributed by atoms with Crippen molar-refractivity contribution in [3.8, 4) is 0 Å². The normalized spacial score (nSPS) is 19.9. The van der Waals surface area contributed by atoms with Gasteiger partial charge < -0.3 is 14.2 Å². The summed E-state index contributed by atoms with van der Waals surface area (Å²) in [6, 6.07) is 0. The Morgan fingerprint density at radius 2 is 2.15 bits per heavy atom. The van der Waals surface area contributed by atoms with Crippen LogP contribution in [0.2, 0.25) is 0 Å². The first-order valence-electron chi connectivity index (χ1n) is 4.76. The van der Waals surface area contributed by atoms with Crippen LogP contribution in [0.5, 0.6) is 0 Å². The van der Waals surface area contributed by atoms with Gasteiger partial charge in [-0.1, -0.05) is 6.58 Å². The fourth-order valence-corrected chi connectivity index (χ4v) is 0.932. The van der Waals surface area contributed by atoms with Gasteiger partial charge in [0, 0.05) is 6.61 Å². The maximum atomic E-state index is 5.36.